The molecule has 0 bridgehead atoms. The molecule has 2 N–H and O–H groups in total. The van der Waals surface area contributed by atoms with Crippen molar-refractivity contribution in [2.75, 3.05) is 21.3 Å². The third-order valence-electron chi connectivity index (χ3n) is 5.66. The van der Waals surface area contributed by atoms with Crippen molar-refractivity contribution >= 4 is 23.7 Å². The molecule has 0 spiro atoms. The second-order valence-electron chi connectivity index (χ2n) is 8.30. The van der Waals surface area contributed by atoms with Gasteiger partial charge in [0.25, 0.3) is 0 Å². The number of benzene rings is 4. The molecule has 7 nitrogen and oxygen atoms in total. The Hall–Kier alpha value is -5.30. The number of phenolic OH excluding ortho intramolecular Hbond substituents is 2. The number of hydrogen-bond acceptors (Lipinski definition) is 7. The highest BCUT2D eigenvalue weighted by Crippen LogP contribution is 2.44. The maximum atomic E-state index is 12.5. The molecule has 0 fully saturated rings. The van der Waals surface area contributed by atoms with E-state index in [1.54, 1.807) is 24.3 Å². The maximum absolute atomic E-state index is 12.5. The van der Waals surface area contributed by atoms with Crippen LogP contribution in [0.1, 0.15) is 31.8 Å². The Morgan fingerprint density at radius 2 is 1.15 bits per heavy atom. The van der Waals surface area contributed by atoms with Crippen LogP contribution in [0.4, 0.5) is 0 Å². The molecule has 0 saturated carbocycles. The molecule has 0 aromatic heterocycles. The summed E-state index contributed by atoms with van der Waals surface area (Å²) in [6.07, 6.45) is 6.30. The highest BCUT2D eigenvalue weighted by Gasteiger charge is 2.24. The van der Waals surface area contributed by atoms with Crippen LogP contribution in [0.15, 0.2) is 103 Å². The van der Waals surface area contributed by atoms with Gasteiger partial charge in [0.1, 0.15) is 17.1 Å². The van der Waals surface area contributed by atoms with Crippen LogP contribution in [0, 0.1) is 0 Å². The number of phenols is 2. The molecule has 0 saturated heterocycles. The summed E-state index contributed by atoms with van der Waals surface area (Å²) in [4.78, 5) is 24.2. The summed E-state index contributed by atoms with van der Waals surface area (Å²) in [6, 6.07) is 26.7. The summed E-state index contributed by atoms with van der Waals surface area (Å²) >= 11 is 0. The van der Waals surface area contributed by atoms with Crippen LogP contribution in [0.3, 0.4) is 0 Å². The van der Waals surface area contributed by atoms with Crippen LogP contribution in [0.5, 0.6) is 28.7 Å². The van der Waals surface area contributed by atoms with E-state index in [1.807, 2.05) is 66.7 Å². The number of ketones is 2. The molecule has 40 heavy (non-hydrogen) atoms. The number of ether oxygens (including phenoxy) is 3. The molecule has 0 aliphatic carbocycles. The first-order valence-corrected chi connectivity index (χ1v) is 12.2. The number of carbonyl (C=O) groups excluding carboxylic acids is 2. The second kappa shape index (κ2) is 14.6. The fourth-order valence-electron chi connectivity index (χ4n) is 3.66. The fourth-order valence-corrected chi connectivity index (χ4v) is 3.66. The lowest BCUT2D eigenvalue weighted by atomic mass is 10.0. The first-order valence-electron chi connectivity index (χ1n) is 12.2. The Balaban J connectivity index is 0.000000238. The number of carbonyl (C=O) groups is 2. The molecular formula is C33H30O7. The van der Waals surface area contributed by atoms with Crippen molar-refractivity contribution in [2.45, 2.75) is 0 Å². The lowest BCUT2D eigenvalue weighted by Gasteiger charge is -2.15. The van der Waals surface area contributed by atoms with Gasteiger partial charge < -0.3 is 24.4 Å². The Morgan fingerprint density at radius 1 is 0.625 bits per heavy atom. The van der Waals surface area contributed by atoms with Crippen LogP contribution in [-0.4, -0.2) is 43.1 Å². The van der Waals surface area contributed by atoms with Crippen molar-refractivity contribution in [1.82, 2.24) is 0 Å². The largest absolute Gasteiger partial charge is 0.508 e. The zero-order valence-electron chi connectivity index (χ0n) is 22.4. The third-order valence-corrected chi connectivity index (χ3v) is 5.66. The molecule has 0 radical (unpaired) electrons. The molecule has 4 aromatic rings. The Morgan fingerprint density at radius 3 is 1.70 bits per heavy atom. The molecular weight excluding hydrogens is 508 g/mol. The summed E-state index contributed by atoms with van der Waals surface area (Å²) in [5.74, 6) is 0.00479. The molecule has 7 heteroatoms. The van der Waals surface area contributed by atoms with Gasteiger partial charge in [-0.3, -0.25) is 9.59 Å². The van der Waals surface area contributed by atoms with Gasteiger partial charge in [0.2, 0.25) is 5.75 Å². The van der Waals surface area contributed by atoms with Gasteiger partial charge in [0, 0.05) is 11.6 Å². The third kappa shape index (κ3) is 7.85. The first-order chi connectivity index (χ1) is 19.4. The van der Waals surface area contributed by atoms with E-state index in [-0.39, 0.29) is 40.1 Å². The lowest BCUT2D eigenvalue weighted by molar-refractivity contribution is 0.103. The van der Waals surface area contributed by atoms with Gasteiger partial charge in [0.05, 0.1) is 21.3 Å². The minimum atomic E-state index is -0.460. The van der Waals surface area contributed by atoms with E-state index in [1.165, 1.54) is 45.6 Å². The minimum Gasteiger partial charge on any atom is -0.508 e. The van der Waals surface area contributed by atoms with E-state index >= 15 is 0 Å². The van der Waals surface area contributed by atoms with E-state index in [0.29, 0.717) is 0 Å². The van der Waals surface area contributed by atoms with Crippen LogP contribution in [0.25, 0.3) is 12.2 Å². The standard InChI is InChI=1S/C18H18O6.C15H12O/c1-22-15-10-14(21)16(18(24-3)17(15)23-2)13(20)9-6-11-4-7-12(19)8-5-11;16-15(14-9-5-2-6-10-14)12-11-13-7-3-1-4-8-13/h4-10,19,21H,1-3H3;1-12H. The fraction of sp³-hybridized carbons (Fsp3) is 0.0909. The van der Waals surface area contributed by atoms with Crippen molar-refractivity contribution in [1.29, 1.82) is 0 Å². The molecule has 4 rings (SSSR count). The normalized spacial score (nSPS) is 10.6. The van der Waals surface area contributed by atoms with Crippen LogP contribution in [0.2, 0.25) is 0 Å². The molecule has 0 atom stereocenters. The van der Waals surface area contributed by atoms with Gasteiger partial charge in [0.15, 0.2) is 23.1 Å². The van der Waals surface area contributed by atoms with E-state index in [4.69, 9.17) is 14.2 Å². The predicted octanol–water partition coefficient (Wildman–Crippen LogP) is 6.60. The Kier molecular flexibility index (Phi) is 10.7. The van der Waals surface area contributed by atoms with Gasteiger partial charge in [-0.15, -0.1) is 0 Å². The Bertz CT molecular complexity index is 1470. The van der Waals surface area contributed by atoms with E-state index in [9.17, 15) is 19.8 Å². The van der Waals surface area contributed by atoms with Gasteiger partial charge >= 0.3 is 0 Å². The SMILES string of the molecule is COc1cc(O)c(C(=O)C=Cc2ccc(O)cc2)c(OC)c1OC.O=C(C=Cc1ccccc1)c1ccccc1. The molecule has 0 heterocycles. The van der Waals surface area contributed by atoms with Crippen molar-refractivity contribution in [3.8, 4) is 28.7 Å². The minimum absolute atomic E-state index is 0.0230. The Labute approximate surface area is 233 Å². The highest BCUT2D eigenvalue weighted by atomic mass is 16.5. The van der Waals surface area contributed by atoms with Crippen molar-refractivity contribution < 1.29 is 34.0 Å². The van der Waals surface area contributed by atoms with Crippen molar-refractivity contribution in [2.24, 2.45) is 0 Å². The summed E-state index contributed by atoms with van der Waals surface area (Å²) in [6.45, 7) is 0. The van der Waals surface area contributed by atoms with E-state index in [0.717, 1.165) is 16.7 Å². The molecule has 4 aromatic carbocycles. The van der Waals surface area contributed by atoms with Gasteiger partial charge in [-0.05, 0) is 35.4 Å². The zero-order valence-corrected chi connectivity index (χ0v) is 22.4. The summed E-state index contributed by atoms with van der Waals surface area (Å²) in [7, 11) is 4.21. The van der Waals surface area contributed by atoms with Crippen molar-refractivity contribution in [3.63, 3.8) is 0 Å². The summed E-state index contributed by atoms with van der Waals surface area (Å²) in [5, 5.41) is 19.4. The van der Waals surface area contributed by atoms with Gasteiger partial charge in [-0.25, -0.2) is 0 Å². The monoisotopic (exact) mass is 538 g/mol. The predicted molar refractivity (Wildman–Crippen MR) is 155 cm³/mol. The topological polar surface area (TPSA) is 102 Å². The number of hydrogen-bond donors (Lipinski definition) is 2. The van der Waals surface area contributed by atoms with Crippen LogP contribution < -0.4 is 14.2 Å². The van der Waals surface area contributed by atoms with Crippen molar-refractivity contribution in [3.05, 3.63) is 125 Å². The highest BCUT2D eigenvalue weighted by molar-refractivity contribution is 6.11. The molecule has 204 valence electrons. The summed E-state index contributed by atoms with van der Waals surface area (Å²) in [5.41, 5.74) is 2.45. The van der Waals surface area contributed by atoms with E-state index < -0.39 is 5.78 Å². The number of methoxy groups -OCH3 is 3. The van der Waals surface area contributed by atoms with Gasteiger partial charge in [-0.2, -0.15) is 0 Å². The molecule has 0 amide bonds. The number of aromatic hydroxyl groups is 2. The molecule has 0 aliphatic heterocycles. The average molecular weight is 539 g/mol. The smallest absolute Gasteiger partial charge is 0.204 e. The molecule has 0 unspecified atom stereocenters. The molecule has 0 aliphatic rings. The summed E-state index contributed by atoms with van der Waals surface area (Å²) < 4.78 is 15.6. The van der Waals surface area contributed by atoms with Gasteiger partial charge in [-0.1, -0.05) is 84.9 Å². The maximum Gasteiger partial charge on any atom is 0.204 e. The quantitative estimate of drug-likeness (QED) is 0.183. The lowest BCUT2D eigenvalue weighted by Crippen LogP contribution is -2.03. The van der Waals surface area contributed by atoms with Crippen LogP contribution >= 0.6 is 0 Å². The number of rotatable bonds is 9. The van der Waals surface area contributed by atoms with Crippen LogP contribution in [-0.2, 0) is 0 Å². The van der Waals surface area contributed by atoms with E-state index in [2.05, 4.69) is 0 Å². The second-order valence-corrected chi connectivity index (χ2v) is 8.30. The number of allylic oxidation sites excluding steroid dienone is 2. The zero-order chi connectivity index (χ0) is 28.9. The first kappa shape index (κ1) is 29.3. The average Bonchev–Trinajstić information content (AvgIpc) is 3.00.